The molecule has 0 aliphatic carbocycles. The van der Waals surface area contributed by atoms with Crippen molar-refractivity contribution in [3.05, 3.63) is 39.9 Å². The Labute approximate surface area is 129 Å². The minimum absolute atomic E-state index is 0.169. The van der Waals surface area contributed by atoms with Crippen molar-refractivity contribution in [2.45, 2.75) is 19.8 Å². The van der Waals surface area contributed by atoms with Crippen LogP contribution < -0.4 is 5.32 Å². The molecule has 0 saturated heterocycles. The highest BCUT2D eigenvalue weighted by atomic mass is 35.5. The van der Waals surface area contributed by atoms with Gasteiger partial charge in [0.15, 0.2) is 0 Å². The number of carbonyl (C=O) groups is 1. The van der Waals surface area contributed by atoms with Crippen LogP contribution in [0.4, 0.5) is 0 Å². The molecule has 1 unspecified atom stereocenters. The average Bonchev–Trinajstić information content (AvgIpc) is 2.44. The molecule has 0 fully saturated rings. The van der Waals surface area contributed by atoms with Crippen LogP contribution in [0.15, 0.2) is 24.3 Å². The Morgan fingerprint density at radius 1 is 1.45 bits per heavy atom. The molecule has 0 saturated carbocycles. The molecule has 0 aromatic heterocycles. The van der Waals surface area contributed by atoms with Crippen LogP contribution in [0, 0.1) is 5.92 Å². The molecule has 5 heteroatoms. The van der Waals surface area contributed by atoms with E-state index in [9.17, 15) is 4.79 Å². The smallest absolute Gasteiger partial charge is 0.243 e. The van der Waals surface area contributed by atoms with E-state index in [0.29, 0.717) is 22.2 Å². The lowest BCUT2D eigenvalue weighted by atomic mass is 10.1. The Bertz CT molecular complexity index is 475. The number of hydrogen-bond donors (Lipinski definition) is 2. The van der Waals surface area contributed by atoms with Crippen LogP contribution in [0.25, 0.3) is 6.08 Å². The second-order valence-corrected chi connectivity index (χ2v) is 5.56. The van der Waals surface area contributed by atoms with E-state index in [-0.39, 0.29) is 18.4 Å². The molecule has 0 bridgehead atoms. The summed E-state index contributed by atoms with van der Waals surface area (Å²) in [6, 6.07) is 5.10. The van der Waals surface area contributed by atoms with Gasteiger partial charge in [0, 0.05) is 29.3 Å². The summed E-state index contributed by atoms with van der Waals surface area (Å²) in [7, 11) is 0. The number of aliphatic hydroxyl groups excluding tert-OH is 1. The maximum atomic E-state index is 11.6. The van der Waals surface area contributed by atoms with Gasteiger partial charge in [0.2, 0.25) is 5.91 Å². The van der Waals surface area contributed by atoms with E-state index >= 15 is 0 Å². The molecule has 1 amide bonds. The first-order valence-corrected chi connectivity index (χ1v) is 7.30. The van der Waals surface area contributed by atoms with Gasteiger partial charge >= 0.3 is 0 Å². The van der Waals surface area contributed by atoms with Crippen molar-refractivity contribution < 1.29 is 9.90 Å². The molecular weight excluding hydrogens is 297 g/mol. The number of benzene rings is 1. The van der Waals surface area contributed by atoms with E-state index in [1.807, 2.05) is 6.92 Å². The Hall–Kier alpha value is -1.03. The van der Waals surface area contributed by atoms with Crippen molar-refractivity contribution in [3.63, 3.8) is 0 Å². The molecule has 1 aromatic rings. The van der Waals surface area contributed by atoms with Crippen molar-refractivity contribution in [2.75, 3.05) is 13.2 Å². The van der Waals surface area contributed by atoms with Gasteiger partial charge in [-0.15, -0.1) is 0 Å². The second-order valence-electron chi connectivity index (χ2n) is 4.72. The van der Waals surface area contributed by atoms with Gasteiger partial charge in [-0.3, -0.25) is 4.79 Å². The maximum absolute atomic E-state index is 11.6. The Kier molecular flexibility index (Phi) is 7.67. The van der Waals surface area contributed by atoms with Gasteiger partial charge < -0.3 is 10.4 Å². The third kappa shape index (κ3) is 6.42. The number of halogens is 2. The third-order valence-corrected chi connectivity index (χ3v) is 3.44. The zero-order chi connectivity index (χ0) is 15.0. The Morgan fingerprint density at radius 3 is 2.90 bits per heavy atom. The lowest BCUT2D eigenvalue weighted by molar-refractivity contribution is -0.116. The molecule has 0 radical (unpaired) electrons. The summed E-state index contributed by atoms with van der Waals surface area (Å²) < 4.78 is 0. The molecule has 110 valence electrons. The predicted molar refractivity (Wildman–Crippen MR) is 84.0 cm³/mol. The highest BCUT2D eigenvalue weighted by Gasteiger charge is 2.01. The average molecular weight is 316 g/mol. The minimum atomic E-state index is -0.169. The quantitative estimate of drug-likeness (QED) is 0.597. The first kappa shape index (κ1) is 17.0. The first-order valence-electron chi connectivity index (χ1n) is 6.54. The molecule has 2 N–H and O–H groups in total. The van der Waals surface area contributed by atoms with Crippen molar-refractivity contribution >= 4 is 35.2 Å². The van der Waals surface area contributed by atoms with Crippen molar-refractivity contribution in [1.82, 2.24) is 5.32 Å². The standard InChI is InChI=1S/C15H19Cl2NO2/c1-11(10-19)3-2-8-18-15(20)7-4-12-9-13(16)5-6-14(12)17/h4-7,9,11,19H,2-3,8,10H2,1H3,(H,18,20)/b7-4+. The molecule has 20 heavy (non-hydrogen) atoms. The van der Waals surface area contributed by atoms with Gasteiger partial charge in [0.25, 0.3) is 0 Å². The number of rotatable bonds is 7. The topological polar surface area (TPSA) is 49.3 Å². The zero-order valence-corrected chi connectivity index (χ0v) is 12.9. The van der Waals surface area contributed by atoms with Gasteiger partial charge in [0.1, 0.15) is 0 Å². The van der Waals surface area contributed by atoms with Crippen molar-refractivity contribution in [3.8, 4) is 0 Å². The fraction of sp³-hybridized carbons (Fsp3) is 0.400. The molecule has 0 aliphatic rings. The van der Waals surface area contributed by atoms with E-state index in [4.69, 9.17) is 28.3 Å². The summed E-state index contributed by atoms with van der Waals surface area (Å²) in [4.78, 5) is 11.6. The van der Waals surface area contributed by atoms with Gasteiger partial charge in [-0.05, 0) is 48.6 Å². The van der Waals surface area contributed by atoms with Crippen LogP contribution >= 0.6 is 23.2 Å². The van der Waals surface area contributed by atoms with Crippen LogP contribution in [0.5, 0.6) is 0 Å². The molecular formula is C15H19Cl2NO2. The highest BCUT2D eigenvalue weighted by molar-refractivity contribution is 6.34. The number of carbonyl (C=O) groups excluding carboxylic acids is 1. The molecule has 0 aliphatic heterocycles. The molecule has 3 nitrogen and oxygen atoms in total. The Morgan fingerprint density at radius 2 is 2.20 bits per heavy atom. The van der Waals surface area contributed by atoms with E-state index in [1.54, 1.807) is 24.3 Å². The molecule has 1 rings (SSSR count). The zero-order valence-electron chi connectivity index (χ0n) is 11.4. The normalized spacial score (nSPS) is 12.6. The lowest BCUT2D eigenvalue weighted by Crippen LogP contribution is -2.22. The molecule has 1 aromatic carbocycles. The summed E-state index contributed by atoms with van der Waals surface area (Å²) in [6.45, 7) is 2.75. The van der Waals surface area contributed by atoms with Crippen LogP contribution in [-0.2, 0) is 4.79 Å². The highest BCUT2D eigenvalue weighted by Crippen LogP contribution is 2.21. The fourth-order valence-electron chi connectivity index (χ4n) is 1.62. The largest absolute Gasteiger partial charge is 0.396 e. The number of hydrogen-bond acceptors (Lipinski definition) is 2. The van der Waals surface area contributed by atoms with E-state index in [2.05, 4.69) is 5.32 Å². The number of aliphatic hydroxyl groups is 1. The number of amides is 1. The van der Waals surface area contributed by atoms with Crippen LogP contribution in [0.1, 0.15) is 25.3 Å². The van der Waals surface area contributed by atoms with Crippen molar-refractivity contribution in [2.24, 2.45) is 5.92 Å². The van der Waals surface area contributed by atoms with Crippen molar-refractivity contribution in [1.29, 1.82) is 0 Å². The minimum Gasteiger partial charge on any atom is -0.396 e. The monoisotopic (exact) mass is 315 g/mol. The first-order chi connectivity index (χ1) is 9.52. The lowest BCUT2D eigenvalue weighted by Gasteiger charge is -2.07. The van der Waals surface area contributed by atoms with Crippen LogP contribution in [0.2, 0.25) is 10.0 Å². The summed E-state index contributed by atoms with van der Waals surface area (Å²) in [5.41, 5.74) is 0.711. The summed E-state index contributed by atoms with van der Waals surface area (Å²) in [5, 5.41) is 12.8. The van der Waals surface area contributed by atoms with Gasteiger partial charge in [-0.25, -0.2) is 0 Å². The van der Waals surface area contributed by atoms with E-state index < -0.39 is 0 Å². The van der Waals surface area contributed by atoms with Gasteiger partial charge in [0.05, 0.1) is 0 Å². The summed E-state index contributed by atoms with van der Waals surface area (Å²) in [5.74, 6) is 0.102. The predicted octanol–water partition coefficient (Wildman–Crippen LogP) is 3.53. The second kappa shape index (κ2) is 9.01. The SMILES string of the molecule is CC(CO)CCCNC(=O)/C=C/c1cc(Cl)ccc1Cl. The third-order valence-electron chi connectivity index (χ3n) is 2.86. The van der Waals surface area contributed by atoms with Crippen LogP contribution in [-0.4, -0.2) is 24.2 Å². The molecule has 0 spiro atoms. The van der Waals surface area contributed by atoms with Gasteiger partial charge in [-0.1, -0.05) is 30.1 Å². The molecule has 0 heterocycles. The number of nitrogens with one attached hydrogen (secondary N) is 1. The van der Waals surface area contributed by atoms with Gasteiger partial charge in [-0.2, -0.15) is 0 Å². The van der Waals surface area contributed by atoms with Crippen LogP contribution in [0.3, 0.4) is 0 Å². The fourth-order valence-corrected chi connectivity index (χ4v) is 1.98. The van der Waals surface area contributed by atoms with E-state index in [0.717, 1.165) is 12.8 Å². The summed E-state index contributed by atoms with van der Waals surface area (Å²) >= 11 is 11.9. The maximum Gasteiger partial charge on any atom is 0.243 e. The molecule has 1 atom stereocenters. The summed E-state index contributed by atoms with van der Waals surface area (Å²) in [6.07, 6.45) is 4.81. The van der Waals surface area contributed by atoms with E-state index in [1.165, 1.54) is 6.08 Å². The Balaban J connectivity index is 2.38.